The highest BCUT2D eigenvalue weighted by atomic mass is 127. The minimum atomic E-state index is 0. The normalized spacial score (nSPS) is 17.5. The van der Waals surface area contributed by atoms with Crippen molar-refractivity contribution in [3.8, 4) is 0 Å². The van der Waals surface area contributed by atoms with Gasteiger partial charge in [-0.2, -0.15) is 0 Å². The van der Waals surface area contributed by atoms with Crippen LogP contribution in [-0.4, -0.2) is 55.4 Å². The molecule has 2 rings (SSSR count). The lowest BCUT2D eigenvalue weighted by Gasteiger charge is -2.31. The van der Waals surface area contributed by atoms with Gasteiger partial charge in [0.25, 0.3) is 0 Å². The van der Waals surface area contributed by atoms with Crippen molar-refractivity contribution in [3.63, 3.8) is 0 Å². The molecule has 1 aromatic carbocycles. The van der Waals surface area contributed by atoms with E-state index >= 15 is 0 Å². The summed E-state index contributed by atoms with van der Waals surface area (Å²) < 4.78 is 0. The Bertz CT molecular complexity index is 588. The lowest BCUT2D eigenvalue weighted by molar-refractivity contribution is -0.132. The van der Waals surface area contributed by atoms with Gasteiger partial charge < -0.3 is 15.1 Å². The Morgan fingerprint density at radius 1 is 1.35 bits per heavy atom. The van der Waals surface area contributed by atoms with E-state index in [9.17, 15) is 4.79 Å². The molecule has 1 amide bonds. The molecular weight excluding hydrogens is 439 g/mol. The van der Waals surface area contributed by atoms with Crippen molar-refractivity contribution in [3.05, 3.63) is 35.4 Å². The lowest BCUT2D eigenvalue weighted by atomic mass is 10.00. The van der Waals surface area contributed by atoms with Crippen molar-refractivity contribution in [2.75, 3.05) is 33.7 Å². The topological polar surface area (TPSA) is 47.9 Å². The van der Waals surface area contributed by atoms with E-state index in [4.69, 9.17) is 0 Å². The third-order valence-corrected chi connectivity index (χ3v) is 4.75. The number of aliphatic imine (C=N–C) groups is 1. The Balaban J connectivity index is 0.00000338. The van der Waals surface area contributed by atoms with E-state index in [-0.39, 0.29) is 29.9 Å². The van der Waals surface area contributed by atoms with Crippen LogP contribution >= 0.6 is 24.0 Å². The number of rotatable bonds is 5. The average molecular weight is 472 g/mol. The van der Waals surface area contributed by atoms with Gasteiger partial charge in [0.15, 0.2) is 5.96 Å². The van der Waals surface area contributed by atoms with Gasteiger partial charge in [-0.15, -0.1) is 24.0 Å². The van der Waals surface area contributed by atoms with Gasteiger partial charge in [0.2, 0.25) is 5.91 Å². The highest BCUT2D eigenvalue weighted by molar-refractivity contribution is 14.0. The first-order chi connectivity index (χ1) is 12.0. The van der Waals surface area contributed by atoms with Crippen molar-refractivity contribution in [2.45, 2.75) is 39.7 Å². The van der Waals surface area contributed by atoms with Gasteiger partial charge in [0.1, 0.15) is 0 Å². The van der Waals surface area contributed by atoms with E-state index in [1.165, 1.54) is 17.5 Å². The third-order valence-electron chi connectivity index (χ3n) is 4.75. The maximum atomic E-state index is 12.3. The molecule has 0 saturated carbocycles. The number of hydrogen-bond acceptors (Lipinski definition) is 2. The monoisotopic (exact) mass is 472 g/mol. The largest absolute Gasteiger partial charge is 0.356 e. The summed E-state index contributed by atoms with van der Waals surface area (Å²) in [5.74, 6) is 1.69. The summed E-state index contributed by atoms with van der Waals surface area (Å²) in [4.78, 5) is 20.8. The molecule has 1 heterocycles. The van der Waals surface area contributed by atoms with Gasteiger partial charge in [-0.05, 0) is 31.2 Å². The summed E-state index contributed by atoms with van der Waals surface area (Å²) in [5, 5.41) is 3.31. The van der Waals surface area contributed by atoms with Gasteiger partial charge in [0.05, 0.1) is 0 Å². The molecule has 1 fully saturated rings. The van der Waals surface area contributed by atoms with Crippen LogP contribution in [0.1, 0.15) is 37.3 Å². The standard InChI is InChI=1S/C20H32N4O.HI/c1-16-7-9-18(10-8-16)15-23(4)20(21-3)22-12-11-19(25)24-13-5-6-17(2)14-24;/h7-10,17H,5-6,11-15H2,1-4H3,(H,21,22);1H. The number of nitrogens with zero attached hydrogens (tertiary/aromatic N) is 3. The number of carbonyl (C=O) groups is 1. The summed E-state index contributed by atoms with van der Waals surface area (Å²) in [7, 11) is 3.80. The van der Waals surface area contributed by atoms with Crippen LogP contribution in [0.5, 0.6) is 0 Å². The van der Waals surface area contributed by atoms with Crippen LogP contribution in [0.3, 0.4) is 0 Å². The summed E-state index contributed by atoms with van der Waals surface area (Å²) in [5.41, 5.74) is 2.51. The summed E-state index contributed by atoms with van der Waals surface area (Å²) in [6, 6.07) is 8.52. The highest BCUT2D eigenvalue weighted by Crippen LogP contribution is 2.15. The highest BCUT2D eigenvalue weighted by Gasteiger charge is 2.20. The van der Waals surface area contributed by atoms with Crippen LogP contribution in [0.2, 0.25) is 0 Å². The average Bonchev–Trinajstić information content (AvgIpc) is 2.60. The maximum Gasteiger partial charge on any atom is 0.224 e. The summed E-state index contributed by atoms with van der Waals surface area (Å²) in [6.45, 7) is 7.53. The molecule has 1 saturated heterocycles. The second kappa shape index (κ2) is 11.4. The second-order valence-electron chi connectivity index (χ2n) is 7.15. The molecule has 1 atom stereocenters. The molecule has 0 bridgehead atoms. The number of halogens is 1. The van der Waals surface area contributed by atoms with Gasteiger partial charge >= 0.3 is 0 Å². The fourth-order valence-electron chi connectivity index (χ4n) is 3.28. The minimum absolute atomic E-state index is 0. The van der Waals surface area contributed by atoms with E-state index in [1.807, 2.05) is 11.9 Å². The molecule has 6 heteroatoms. The van der Waals surface area contributed by atoms with Crippen molar-refractivity contribution in [2.24, 2.45) is 10.9 Å². The number of carbonyl (C=O) groups excluding carboxylic acids is 1. The number of guanidine groups is 1. The molecular formula is C20H33IN4O. The Labute approximate surface area is 175 Å². The molecule has 5 nitrogen and oxygen atoms in total. The number of amides is 1. The number of likely N-dealkylation sites (tertiary alicyclic amines) is 1. The Morgan fingerprint density at radius 3 is 2.65 bits per heavy atom. The van der Waals surface area contributed by atoms with Gasteiger partial charge in [-0.3, -0.25) is 9.79 Å². The molecule has 1 aromatic rings. The van der Waals surface area contributed by atoms with Crippen molar-refractivity contribution in [1.82, 2.24) is 15.1 Å². The smallest absolute Gasteiger partial charge is 0.224 e. The zero-order valence-corrected chi connectivity index (χ0v) is 18.8. The second-order valence-corrected chi connectivity index (χ2v) is 7.15. The summed E-state index contributed by atoms with van der Waals surface area (Å²) in [6.07, 6.45) is 2.88. The zero-order chi connectivity index (χ0) is 18.2. The van der Waals surface area contributed by atoms with Crippen LogP contribution in [0.4, 0.5) is 0 Å². The number of benzene rings is 1. The molecule has 26 heavy (non-hydrogen) atoms. The van der Waals surface area contributed by atoms with Gasteiger partial charge in [-0.1, -0.05) is 36.8 Å². The lowest BCUT2D eigenvalue weighted by Crippen LogP contribution is -2.42. The maximum absolute atomic E-state index is 12.3. The molecule has 0 aromatic heterocycles. The van der Waals surface area contributed by atoms with Crippen LogP contribution < -0.4 is 5.32 Å². The number of nitrogens with one attached hydrogen (secondary N) is 1. The van der Waals surface area contributed by atoms with Crippen LogP contribution in [0.25, 0.3) is 0 Å². The Hall–Kier alpha value is -1.31. The van der Waals surface area contributed by atoms with E-state index in [0.29, 0.717) is 18.9 Å². The van der Waals surface area contributed by atoms with Gasteiger partial charge in [-0.25, -0.2) is 0 Å². The van der Waals surface area contributed by atoms with E-state index in [2.05, 4.69) is 53.3 Å². The SMILES string of the molecule is CN=C(NCCC(=O)N1CCCC(C)C1)N(C)Cc1ccc(C)cc1.I. The number of aryl methyl sites for hydroxylation is 1. The van der Waals surface area contributed by atoms with E-state index in [1.54, 1.807) is 7.05 Å². The zero-order valence-electron chi connectivity index (χ0n) is 16.5. The quantitative estimate of drug-likeness (QED) is 0.407. The van der Waals surface area contributed by atoms with Gasteiger partial charge in [0, 0.05) is 46.7 Å². The molecule has 1 aliphatic rings. The van der Waals surface area contributed by atoms with E-state index in [0.717, 1.165) is 32.0 Å². The predicted molar refractivity (Wildman–Crippen MR) is 119 cm³/mol. The van der Waals surface area contributed by atoms with E-state index < -0.39 is 0 Å². The first-order valence-electron chi connectivity index (χ1n) is 9.24. The first-order valence-corrected chi connectivity index (χ1v) is 9.24. The molecule has 1 N–H and O–H groups in total. The minimum Gasteiger partial charge on any atom is -0.356 e. The molecule has 0 aliphatic carbocycles. The van der Waals surface area contributed by atoms with Crippen molar-refractivity contribution < 1.29 is 4.79 Å². The molecule has 1 aliphatic heterocycles. The number of hydrogen-bond donors (Lipinski definition) is 1. The van der Waals surface area contributed by atoms with Crippen LogP contribution in [-0.2, 0) is 11.3 Å². The molecule has 146 valence electrons. The fourth-order valence-corrected chi connectivity index (χ4v) is 3.28. The van der Waals surface area contributed by atoms with Crippen molar-refractivity contribution in [1.29, 1.82) is 0 Å². The third kappa shape index (κ3) is 7.13. The first kappa shape index (κ1) is 22.7. The Kier molecular flexibility index (Phi) is 9.98. The molecule has 0 radical (unpaired) electrons. The Morgan fingerprint density at radius 2 is 2.04 bits per heavy atom. The predicted octanol–water partition coefficient (Wildman–Crippen LogP) is 3.27. The van der Waals surface area contributed by atoms with Crippen LogP contribution in [0.15, 0.2) is 29.3 Å². The number of piperidine rings is 1. The molecule has 1 unspecified atom stereocenters. The molecule has 0 spiro atoms. The van der Waals surface area contributed by atoms with Crippen LogP contribution in [0, 0.1) is 12.8 Å². The summed E-state index contributed by atoms with van der Waals surface area (Å²) >= 11 is 0. The van der Waals surface area contributed by atoms with Crippen molar-refractivity contribution >= 4 is 35.8 Å². The fraction of sp³-hybridized carbons (Fsp3) is 0.600.